The standard InChI is InChI=1S/C15H30NO2.ClH/c1-14(2)15(17)18-13-11-9-7-6-8-10-12-16(3,4)5;/h1,6-13H2,2-5H3;1H/q+1;/p-1. The number of unbranched alkanes of at least 4 members (excludes halogenated alkanes) is 5. The number of hydrogen-bond donors (Lipinski definition) is 0. The molecule has 0 atom stereocenters. The van der Waals surface area contributed by atoms with Crippen molar-refractivity contribution in [3.05, 3.63) is 12.2 Å². The lowest BCUT2D eigenvalue weighted by molar-refractivity contribution is -0.870. The Labute approximate surface area is 125 Å². The van der Waals surface area contributed by atoms with Crippen LogP contribution in [0.3, 0.4) is 0 Å². The van der Waals surface area contributed by atoms with Gasteiger partial charge >= 0.3 is 5.97 Å². The molecule has 114 valence electrons. The molecule has 0 N–H and O–H groups in total. The molecule has 3 nitrogen and oxygen atoms in total. The third-order valence-electron chi connectivity index (χ3n) is 2.80. The van der Waals surface area contributed by atoms with Gasteiger partial charge < -0.3 is 21.6 Å². The van der Waals surface area contributed by atoms with Crippen molar-refractivity contribution in [3.8, 4) is 0 Å². The Morgan fingerprint density at radius 3 is 1.95 bits per heavy atom. The summed E-state index contributed by atoms with van der Waals surface area (Å²) in [7, 11) is 6.70. The van der Waals surface area contributed by atoms with E-state index in [1.54, 1.807) is 6.92 Å². The minimum Gasteiger partial charge on any atom is -1.00 e. The van der Waals surface area contributed by atoms with Crippen LogP contribution in [-0.4, -0.2) is 44.7 Å². The first-order valence-electron chi connectivity index (χ1n) is 6.96. The zero-order valence-corrected chi connectivity index (χ0v) is 13.8. The van der Waals surface area contributed by atoms with Crippen LogP contribution >= 0.6 is 0 Å². The Morgan fingerprint density at radius 1 is 1.00 bits per heavy atom. The summed E-state index contributed by atoms with van der Waals surface area (Å²) >= 11 is 0. The molecular formula is C15H30ClNO2. The lowest BCUT2D eigenvalue weighted by Crippen LogP contribution is -3.00. The third kappa shape index (κ3) is 15.4. The smallest absolute Gasteiger partial charge is 0.333 e. The number of rotatable bonds is 10. The Balaban J connectivity index is 0. The summed E-state index contributed by atoms with van der Waals surface area (Å²) in [5.41, 5.74) is 0.482. The van der Waals surface area contributed by atoms with Gasteiger partial charge in [-0.05, 0) is 26.2 Å². The van der Waals surface area contributed by atoms with Gasteiger partial charge in [0, 0.05) is 5.57 Å². The second-order valence-corrected chi connectivity index (χ2v) is 6.05. The maximum absolute atomic E-state index is 11.1. The van der Waals surface area contributed by atoms with Crippen LogP contribution in [0.15, 0.2) is 12.2 Å². The van der Waals surface area contributed by atoms with Crippen LogP contribution in [0.1, 0.15) is 45.4 Å². The van der Waals surface area contributed by atoms with Gasteiger partial charge in [-0.2, -0.15) is 0 Å². The molecule has 0 aromatic heterocycles. The topological polar surface area (TPSA) is 26.3 Å². The monoisotopic (exact) mass is 291 g/mol. The van der Waals surface area contributed by atoms with Gasteiger partial charge in [0.15, 0.2) is 0 Å². The number of carbonyl (C=O) groups is 1. The van der Waals surface area contributed by atoms with E-state index < -0.39 is 0 Å². The van der Waals surface area contributed by atoms with Crippen LogP contribution in [0.2, 0.25) is 0 Å². The van der Waals surface area contributed by atoms with Gasteiger partial charge in [-0.1, -0.05) is 25.8 Å². The molecule has 19 heavy (non-hydrogen) atoms. The van der Waals surface area contributed by atoms with E-state index in [-0.39, 0.29) is 18.4 Å². The second kappa shape index (κ2) is 11.3. The van der Waals surface area contributed by atoms with Crippen molar-refractivity contribution in [2.45, 2.75) is 45.4 Å². The number of quaternary nitrogens is 1. The van der Waals surface area contributed by atoms with E-state index in [0.717, 1.165) is 17.3 Å². The fourth-order valence-corrected chi connectivity index (χ4v) is 1.68. The summed E-state index contributed by atoms with van der Waals surface area (Å²) in [5.74, 6) is -0.266. The van der Waals surface area contributed by atoms with Crippen LogP contribution in [-0.2, 0) is 9.53 Å². The van der Waals surface area contributed by atoms with E-state index in [9.17, 15) is 4.79 Å². The quantitative estimate of drug-likeness (QED) is 0.248. The molecule has 0 heterocycles. The van der Waals surface area contributed by atoms with Crippen LogP contribution in [0.4, 0.5) is 0 Å². The lowest BCUT2D eigenvalue weighted by Gasteiger charge is -2.23. The highest BCUT2D eigenvalue weighted by Crippen LogP contribution is 2.07. The van der Waals surface area contributed by atoms with Gasteiger partial charge in [0.05, 0.1) is 34.3 Å². The molecule has 0 aliphatic heterocycles. The Kier molecular flexibility index (Phi) is 12.4. The number of halogens is 1. The normalized spacial score (nSPS) is 10.7. The molecule has 0 saturated heterocycles. The van der Waals surface area contributed by atoms with Crippen LogP contribution < -0.4 is 12.4 Å². The van der Waals surface area contributed by atoms with Gasteiger partial charge in [0.25, 0.3) is 0 Å². The van der Waals surface area contributed by atoms with E-state index in [4.69, 9.17) is 4.74 Å². The lowest BCUT2D eigenvalue weighted by atomic mass is 10.1. The molecule has 0 rings (SSSR count). The summed E-state index contributed by atoms with van der Waals surface area (Å²) in [4.78, 5) is 11.1. The molecule has 0 radical (unpaired) electrons. The van der Waals surface area contributed by atoms with Crippen molar-refractivity contribution in [2.75, 3.05) is 34.3 Å². The third-order valence-corrected chi connectivity index (χ3v) is 2.80. The van der Waals surface area contributed by atoms with Crippen molar-refractivity contribution in [2.24, 2.45) is 0 Å². The number of nitrogens with zero attached hydrogens (tertiary/aromatic N) is 1. The van der Waals surface area contributed by atoms with E-state index >= 15 is 0 Å². The Bertz CT molecular complexity index is 259. The summed E-state index contributed by atoms with van der Waals surface area (Å²) in [6.45, 7) is 7.00. The van der Waals surface area contributed by atoms with Crippen molar-refractivity contribution < 1.29 is 26.4 Å². The summed E-state index contributed by atoms with van der Waals surface area (Å²) in [6, 6.07) is 0. The molecule has 0 fully saturated rings. The summed E-state index contributed by atoms with van der Waals surface area (Å²) in [5, 5.41) is 0. The predicted octanol–water partition coefficient (Wildman–Crippen LogP) is 0.157. The van der Waals surface area contributed by atoms with Crippen molar-refractivity contribution >= 4 is 5.97 Å². The molecule has 0 aliphatic carbocycles. The van der Waals surface area contributed by atoms with Crippen molar-refractivity contribution in [1.82, 2.24) is 0 Å². The van der Waals surface area contributed by atoms with Gasteiger partial charge in [0.2, 0.25) is 0 Å². The highest BCUT2D eigenvalue weighted by molar-refractivity contribution is 5.86. The molecule has 0 bridgehead atoms. The maximum Gasteiger partial charge on any atom is 0.333 e. The fourth-order valence-electron chi connectivity index (χ4n) is 1.68. The SMILES string of the molecule is C=C(C)C(=O)OCCCCCCCC[N+](C)(C)C.[Cl-]. The van der Waals surface area contributed by atoms with Gasteiger partial charge in [-0.3, -0.25) is 0 Å². The maximum atomic E-state index is 11.1. The van der Waals surface area contributed by atoms with Gasteiger partial charge in [-0.15, -0.1) is 0 Å². The van der Waals surface area contributed by atoms with E-state index in [1.165, 1.54) is 32.2 Å². The molecule has 0 aliphatic rings. The van der Waals surface area contributed by atoms with Crippen LogP contribution in [0.25, 0.3) is 0 Å². The number of esters is 1. The van der Waals surface area contributed by atoms with E-state index in [2.05, 4.69) is 27.7 Å². The largest absolute Gasteiger partial charge is 1.00 e. The van der Waals surface area contributed by atoms with E-state index in [0.29, 0.717) is 12.2 Å². The van der Waals surface area contributed by atoms with Gasteiger partial charge in [0.1, 0.15) is 0 Å². The Hall–Kier alpha value is -0.540. The minimum absolute atomic E-state index is 0. The number of carbonyl (C=O) groups excluding carboxylic acids is 1. The average Bonchev–Trinajstić information content (AvgIpc) is 2.24. The second-order valence-electron chi connectivity index (χ2n) is 6.05. The number of ether oxygens (including phenoxy) is 1. The fraction of sp³-hybridized carbons (Fsp3) is 0.800. The molecule has 0 amide bonds. The van der Waals surface area contributed by atoms with Crippen LogP contribution in [0.5, 0.6) is 0 Å². The van der Waals surface area contributed by atoms with Crippen molar-refractivity contribution in [1.29, 1.82) is 0 Å². The molecule has 4 heteroatoms. The first-order chi connectivity index (χ1) is 8.33. The molecule has 0 aromatic rings. The summed E-state index contributed by atoms with van der Waals surface area (Å²) < 4.78 is 6.09. The highest BCUT2D eigenvalue weighted by Gasteiger charge is 2.05. The zero-order chi connectivity index (χ0) is 14.0. The number of hydrogen-bond acceptors (Lipinski definition) is 2. The molecule has 0 unspecified atom stereocenters. The minimum atomic E-state index is -0.266. The average molecular weight is 292 g/mol. The molecule has 0 aromatic carbocycles. The van der Waals surface area contributed by atoms with Crippen molar-refractivity contribution in [3.63, 3.8) is 0 Å². The van der Waals surface area contributed by atoms with Gasteiger partial charge in [-0.25, -0.2) is 4.79 Å². The molecular weight excluding hydrogens is 262 g/mol. The molecule has 0 saturated carbocycles. The Morgan fingerprint density at radius 2 is 1.47 bits per heavy atom. The predicted molar refractivity (Wildman–Crippen MR) is 76.4 cm³/mol. The zero-order valence-electron chi connectivity index (χ0n) is 13.0. The van der Waals surface area contributed by atoms with E-state index in [1.807, 2.05) is 0 Å². The molecule has 0 spiro atoms. The van der Waals surface area contributed by atoms with Crippen LogP contribution in [0, 0.1) is 0 Å². The first kappa shape index (κ1) is 20.8. The summed E-state index contributed by atoms with van der Waals surface area (Å²) in [6.07, 6.45) is 7.24. The first-order valence-corrected chi connectivity index (χ1v) is 6.96. The highest BCUT2D eigenvalue weighted by atomic mass is 35.5.